The van der Waals surface area contributed by atoms with E-state index in [-0.39, 0.29) is 5.91 Å². The first-order valence-electron chi connectivity index (χ1n) is 7.89. The lowest BCUT2D eigenvalue weighted by Crippen LogP contribution is -2.24. The Hall–Kier alpha value is -2.49. The number of nitrogens with one attached hydrogen (secondary N) is 1. The predicted octanol–water partition coefficient (Wildman–Crippen LogP) is 2.55. The number of carbonyl (C=O) groups is 1. The van der Waals surface area contributed by atoms with Crippen molar-refractivity contribution in [2.24, 2.45) is 0 Å². The molecule has 0 bridgehead atoms. The van der Waals surface area contributed by atoms with Crippen molar-refractivity contribution in [2.75, 3.05) is 25.6 Å². The second-order valence-electron chi connectivity index (χ2n) is 6.06. The molecule has 3 rings (SSSR count). The number of hydrogen-bond donors (Lipinski definition) is 1. The summed E-state index contributed by atoms with van der Waals surface area (Å²) in [5.41, 5.74) is 4.48. The van der Waals surface area contributed by atoms with E-state index in [1.165, 1.54) is 5.56 Å². The Morgan fingerprint density at radius 1 is 1.17 bits per heavy atom. The van der Waals surface area contributed by atoms with E-state index in [1.54, 1.807) is 0 Å². The second kappa shape index (κ2) is 6.73. The van der Waals surface area contributed by atoms with E-state index in [2.05, 4.69) is 28.4 Å². The first-order chi connectivity index (χ1) is 11.1. The summed E-state index contributed by atoms with van der Waals surface area (Å²) >= 11 is 0. The van der Waals surface area contributed by atoms with Crippen LogP contribution < -0.4 is 15.0 Å². The van der Waals surface area contributed by atoms with Crippen LogP contribution in [-0.2, 0) is 24.2 Å². The van der Waals surface area contributed by atoms with Crippen molar-refractivity contribution in [3.63, 3.8) is 0 Å². The fourth-order valence-corrected chi connectivity index (χ4v) is 2.74. The van der Waals surface area contributed by atoms with Gasteiger partial charge in [-0.25, -0.2) is 0 Å². The number of carbonyl (C=O) groups excluding carboxylic acids is 1. The molecule has 0 unspecified atom stereocenters. The maximum absolute atomic E-state index is 12.2. The minimum Gasteiger partial charge on any atom is -0.493 e. The van der Waals surface area contributed by atoms with Gasteiger partial charge in [-0.15, -0.1) is 0 Å². The van der Waals surface area contributed by atoms with Crippen molar-refractivity contribution in [3.05, 3.63) is 59.2 Å². The summed E-state index contributed by atoms with van der Waals surface area (Å²) in [6.45, 7) is 1.29. The summed E-state index contributed by atoms with van der Waals surface area (Å²) in [4.78, 5) is 14.2. The SMILES string of the molecule is CN(C)c1cccc(CNC(=O)Cc2ccc3c(c2)CCO3)c1. The minimum absolute atomic E-state index is 0.0409. The van der Waals surface area contributed by atoms with Gasteiger partial charge in [0, 0.05) is 32.7 Å². The molecule has 0 radical (unpaired) electrons. The highest BCUT2D eigenvalue weighted by Crippen LogP contribution is 2.26. The van der Waals surface area contributed by atoms with Crippen molar-refractivity contribution in [3.8, 4) is 5.75 Å². The van der Waals surface area contributed by atoms with Gasteiger partial charge in [-0.3, -0.25) is 4.79 Å². The molecule has 4 nitrogen and oxygen atoms in total. The molecule has 2 aromatic carbocycles. The monoisotopic (exact) mass is 310 g/mol. The smallest absolute Gasteiger partial charge is 0.224 e. The lowest BCUT2D eigenvalue weighted by atomic mass is 10.1. The second-order valence-corrected chi connectivity index (χ2v) is 6.06. The average Bonchev–Trinajstić information content (AvgIpc) is 3.01. The lowest BCUT2D eigenvalue weighted by molar-refractivity contribution is -0.120. The Morgan fingerprint density at radius 3 is 2.87 bits per heavy atom. The summed E-state index contributed by atoms with van der Waals surface area (Å²) in [5, 5.41) is 2.99. The third-order valence-corrected chi connectivity index (χ3v) is 4.04. The van der Waals surface area contributed by atoms with Crippen LogP contribution in [0, 0.1) is 0 Å². The maximum atomic E-state index is 12.2. The quantitative estimate of drug-likeness (QED) is 0.923. The molecular weight excluding hydrogens is 288 g/mol. The Bertz CT molecular complexity index is 710. The van der Waals surface area contributed by atoms with Crippen molar-refractivity contribution in [1.82, 2.24) is 5.32 Å². The third-order valence-electron chi connectivity index (χ3n) is 4.04. The minimum atomic E-state index is 0.0409. The average molecular weight is 310 g/mol. The molecule has 120 valence electrons. The van der Waals surface area contributed by atoms with Gasteiger partial charge >= 0.3 is 0 Å². The van der Waals surface area contributed by atoms with Gasteiger partial charge < -0.3 is 15.0 Å². The largest absolute Gasteiger partial charge is 0.493 e. The van der Waals surface area contributed by atoms with Crippen molar-refractivity contribution >= 4 is 11.6 Å². The number of amides is 1. The molecular formula is C19H22N2O2. The van der Waals surface area contributed by atoms with Gasteiger partial charge in [-0.1, -0.05) is 24.3 Å². The first-order valence-corrected chi connectivity index (χ1v) is 7.89. The summed E-state index contributed by atoms with van der Waals surface area (Å²) < 4.78 is 5.49. The van der Waals surface area contributed by atoms with E-state index in [0.29, 0.717) is 13.0 Å². The molecule has 1 aliphatic rings. The van der Waals surface area contributed by atoms with Crippen LogP contribution in [0.15, 0.2) is 42.5 Å². The number of hydrogen-bond acceptors (Lipinski definition) is 3. The van der Waals surface area contributed by atoms with E-state index in [4.69, 9.17) is 4.74 Å². The van der Waals surface area contributed by atoms with Gasteiger partial charge in [0.1, 0.15) is 5.75 Å². The summed E-state index contributed by atoms with van der Waals surface area (Å²) in [6.07, 6.45) is 1.34. The van der Waals surface area contributed by atoms with E-state index < -0.39 is 0 Å². The molecule has 1 heterocycles. The van der Waals surface area contributed by atoms with Crippen LogP contribution in [0.25, 0.3) is 0 Å². The van der Waals surface area contributed by atoms with Crippen LogP contribution in [0.1, 0.15) is 16.7 Å². The van der Waals surface area contributed by atoms with Gasteiger partial charge in [0.15, 0.2) is 0 Å². The number of ether oxygens (including phenoxy) is 1. The molecule has 0 saturated heterocycles. The third kappa shape index (κ3) is 3.83. The fourth-order valence-electron chi connectivity index (χ4n) is 2.74. The topological polar surface area (TPSA) is 41.6 Å². The zero-order valence-electron chi connectivity index (χ0n) is 13.6. The van der Waals surface area contributed by atoms with E-state index in [9.17, 15) is 4.79 Å². The van der Waals surface area contributed by atoms with Crippen molar-refractivity contribution in [2.45, 2.75) is 19.4 Å². The van der Waals surface area contributed by atoms with Crippen LogP contribution in [0.4, 0.5) is 5.69 Å². The fraction of sp³-hybridized carbons (Fsp3) is 0.316. The van der Waals surface area contributed by atoms with E-state index in [1.807, 2.05) is 38.4 Å². The van der Waals surface area contributed by atoms with Crippen LogP contribution >= 0.6 is 0 Å². The molecule has 0 spiro atoms. The number of benzene rings is 2. The normalized spacial score (nSPS) is 12.4. The summed E-state index contributed by atoms with van der Waals surface area (Å²) in [6, 6.07) is 14.2. The molecule has 1 aliphatic heterocycles. The van der Waals surface area contributed by atoms with Crippen molar-refractivity contribution < 1.29 is 9.53 Å². The zero-order chi connectivity index (χ0) is 16.2. The van der Waals surface area contributed by atoms with Gasteiger partial charge in [0.2, 0.25) is 5.91 Å². The van der Waals surface area contributed by atoms with Crippen LogP contribution in [0.3, 0.4) is 0 Å². The number of fused-ring (bicyclic) bond motifs is 1. The molecule has 23 heavy (non-hydrogen) atoms. The molecule has 0 aliphatic carbocycles. The molecule has 0 aromatic heterocycles. The molecule has 1 N–H and O–H groups in total. The molecule has 2 aromatic rings. The van der Waals surface area contributed by atoms with Gasteiger partial charge in [-0.05, 0) is 34.9 Å². The van der Waals surface area contributed by atoms with E-state index in [0.717, 1.165) is 35.6 Å². The van der Waals surface area contributed by atoms with Gasteiger partial charge in [0.05, 0.1) is 13.0 Å². The molecule has 1 amide bonds. The highest BCUT2D eigenvalue weighted by Gasteiger charge is 2.13. The number of nitrogens with zero attached hydrogens (tertiary/aromatic N) is 1. The maximum Gasteiger partial charge on any atom is 0.224 e. The molecule has 0 saturated carbocycles. The first kappa shape index (κ1) is 15.4. The van der Waals surface area contributed by atoms with Gasteiger partial charge in [0.25, 0.3) is 0 Å². The Kier molecular flexibility index (Phi) is 4.51. The number of anilines is 1. The van der Waals surface area contributed by atoms with Crippen LogP contribution in [0.2, 0.25) is 0 Å². The highest BCUT2D eigenvalue weighted by atomic mass is 16.5. The van der Waals surface area contributed by atoms with Crippen molar-refractivity contribution in [1.29, 1.82) is 0 Å². The van der Waals surface area contributed by atoms with Crippen LogP contribution in [-0.4, -0.2) is 26.6 Å². The Labute approximate surface area is 137 Å². The van der Waals surface area contributed by atoms with Crippen LogP contribution in [0.5, 0.6) is 5.75 Å². The molecule has 0 fully saturated rings. The van der Waals surface area contributed by atoms with E-state index >= 15 is 0 Å². The summed E-state index contributed by atoms with van der Waals surface area (Å²) in [7, 11) is 4.02. The lowest BCUT2D eigenvalue weighted by Gasteiger charge is -2.14. The standard InChI is InChI=1S/C19H22N2O2/c1-21(2)17-5-3-4-15(11-17)13-20-19(22)12-14-6-7-18-16(10-14)8-9-23-18/h3-7,10-11H,8-9,12-13H2,1-2H3,(H,20,22). The summed E-state index contributed by atoms with van der Waals surface area (Å²) in [5.74, 6) is 0.994. The highest BCUT2D eigenvalue weighted by molar-refractivity contribution is 5.78. The molecule has 0 atom stereocenters. The number of rotatable bonds is 5. The zero-order valence-corrected chi connectivity index (χ0v) is 13.6. The van der Waals surface area contributed by atoms with Gasteiger partial charge in [-0.2, -0.15) is 0 Å². The molecule has 4 heteroatoms. The Balaban J connectivity index is 1.56. The Morgan fingerprint density at radius 2 is 2.04 bits per heavy atom. The predicted molar refractivity (Wildman–Crippen MR) is 92.0 cm³/mol.